The highest BCUT2D eigenvalue weighted by atomic mass is 35.5. The molecule has 0 saturated heterocycles. The van der Waals surface area contributed by atoms with Crippen LogP contribution < -0.4 is 5.73 Å². The summed E-state index contributed by atoms with van der Waals surface area (Å²) in [6.45, 7) is 4.15. The first kappa shape index (κ1) is 13.0. The minimum absolute atomic E-state index is 0. The summed E-state index contributed by atoms with van der Waals surface area (Å²) in [6.07, 6.45) is 0. The molecule has 0 aliphatic carbocycles. The van der Waals surface area contributed by atoms with Crippen molar-refractivity contribution in [2.75, 3.05) is 0 Å². The highest BCUT2D eigenvalue weighted by Crippen LogP contribution is 2.19. The van der Waals surface area contributed by atoms with E-state index in [-0.39, 0.29) is 18.4 Å². The first-order chi connectivity index (χ1) is 6.15. The van der Waals surface area contributed by atoms with Crippen LogP contribution in [0.4, 0.5) is 0 Å². The van der Waals surface area contributed by atoms with Crippen molar-refractivity contribution >= 4 is 12.4 Å². The molecular weight excluding hydrogens is 196 g/mol. The van der Waals surface area contributed by atoms with Gasteiger partial charge < -0.3 is 5.73 Å². The van der Waals surface area contributed by atoms with Crippen molar-refractivity contribution < 1.29 is 0 Å². The Morgan fingerprint density at radius 2 is 2.00 bits per heavy atom. The lowest BCUT2D eigenvalue weighted by Gasteiger charge is -2.15. The van der Waals surface area contributed by atoms with Crippen LogP contribution in [-0.2, 0) is 0 Å². The fourth-order valence-corrected chi connectivity index (χ4v) is 1.20. The highest BCUT2D eigenvalue weighted by molar-refractivity contribution is 5.85. The minimum Gasteiger partial charge on any atom is -0.324 e. The van der Waals surface area contributed by atoms with Gasteiger partial charge in [-0.3, -0.25) is 0 Å². The summed E-state index contributed by atoms with van der Waals surface area (Å²) in [7, 11) is 0. The maximum atomic E-state index is 8.69. The molecule has 0 bridgehead atoms. The zero-order valence-electron chi connectivity index (χ0n) is 8.40. The summed E-state index contributed by atoms with van der Waals surface area (Å²) in [5.74, 6) is 0.397. The largest absolute Gasteiger partial charge is 0.324 e. The summed E-state index contributed by atoms with van der Waals surface area (Å²) in [5, 5.41) is 8.69. The Bertz CT molecular complexity index is 328. The van der Waals surface area contributed by atoms with E-state index >= 15 is 0 Å². The third-order valence-corrected chi connectivity index (χ3v) is 2.12. The van der Waals surface area contributed by atoms with Crippen molar-refractivity contribution in [3.63, 3.8) is 0 Å². The zero-order chi connectivity index (χ0) is 9.84. The van der Waals surface area contributed by atoms with Gasteiger partial charge in [-0.2, -0.15) is 5.26 Å². The van der Waals surface area contributed by atoms with Crippen molar-refractivity contribution in [2.24, 2.45) is 11.7 Å². The molecule has 1 aromatic rings. The number of rotatable bonds is 2. The van der Waals surface area contributed by atoms with Gasteiger partial charge >= 0.3 is 0 Å². The van der Waals surface area contributed by atoms with Gasteiger partial charge in [-0.15, -0.1) is 12.4 Å². The van der Waals surface area contributed by atoms with Gasteiger partial charge in [0, 0.05) is 6.04 Å². The van der Waals surface area contributed by atoms with E-state index < -0.39 is 0 Å². The number of hydrogen-bond donors (Lipinski definition) is 1. The smallest absolute Gasteiger partial charge is 0.0991 e. The van der Waals surface area contributed by atoms with Crippen LogP contribution in [0, 0.1) is 17.2 Å². The van der Waals surface area contributed by atoms with E-state index in [2.05, 4.69) is 19.9 Å². The fraction of sp³-hybridized carbons (Fsp3) is 0.364. The number of nitrogens with two attached hydrogens (primary N) is 1. The van der Waals surface area contributed by atoms with Gasteiger partial charge in [-0.05, 0) is 23.6 Å². The third kappa shape index (κ3) is 3.02. The SMILES string of the molecule is CC(C)C(N)c1cccc(C#N)c1.Cl. The first-order valence-corrected chi connectivity index (χ1v) is 4.41. The molecule has 3 heteroatoms. The van der Waals surface area contributed by atoms with E-state index in [0.717, 1.165) is 5.56 Å². The van der Waals surface area contributed by atoms with E-state index in [0.29, 0.717) is 11.5 Å². The summed E-state index contributed by atoms with van der Waals surface area (Å²) >= 11 is 0. The monoisotopic (exact) mass is 210 g/mol. The fourth-order valence-electron chi connectivity index (χ4n) is 1.20. The number of nitriles is 1. The second kappa shape index (κ2) is 5.64. The Kier molecular flexibility index (Phi) is 5.22. The molecule has 1 rings (SSSR count). The normalized spacial score (nSPS) is 11.6. The van der Waals surface area contributed by atoms with Crippen LogP contribution in [0.25, 0.3) is 0 Å². The van der Waals surface area contributed by atoms with Crippen LogP contribution >= 0.6 is 12.4 Å². The molecule has 0 aromatic heterocycles. The van der Waals surface area contributed by atoms with Crippen molar-refractivity contribution in [1.29, 1.82) is 5.26 Å². The van der Waals surface area contributed by atoms with Gasteiger partial charge in [-0.1, -0.05) is 26.0 Å². The van der Waals surface area contributed by atoms with Gasteiger partial charge in [0.15, 0.2) is 0 Å². The quantitative estimate of drug-likeness (QED) is 0.816. The summed E-state index contributed by atoms with van der Waals surface area (Å²) < 4.78 is 0. The van der Waals surface area contributed by atoms with Crippen LogP contribution in [0.2, 0.25) is 0 Å². The van der Waals surface area contributed by atoms with E-state index in [1.165, 1.54) is 0 Å². The van der Waals surface area contributed by atoms with Crippen molar-refractivity contribution in [1.82, 2.24) is 0 Å². The molecule has 2 nitrogen and oxygen atoms in total. The summed E-state index contributed by atoms with van der Waals surface area (Å²) in [4.78, 5) is 0. The molecule has 0 heterocycles. The lowest BCUT2D eigenvalue weighted by atomic mass is 9.96. The van der Waals surface area contributed by atoms with E-state index in [1.807, 2.05) is 18.2 Å². The van der Waals surface area contributed by atoms with Gasteiger partial charge in [0.1, 0.15) is 0 Å². The predicted molar refractivity (Wildman–Crippen MR) is 60.2 cm³/mol. The molecule has 1 atom stereocenters. The average Bonchev–Trinajstić information content (AvgIpc) is 2.16. The molecule has 2 N–H and O–H groups in total. The predicted octanol–water partition coefficient (Wildman–Crippen LogP) is 2.64. The summed E-state index contributed by atoms with van der Waals surface area (Å²) in [5.41, 5.74) is 7.66. The lowest BCUT2D eigenvalue weighted by molar-refractivity contribution is 0.514. The molecule has 1 aromatic carbocycles. The molecule has 0 amide bonds. The highest BCUT2D eigenvalue weighted by Gasteiger charge is 2.09. The van der Waals surface area contributed by atoms with Crippen LogP contribution in [0.3, 0.4) is 0 Å². The second-order valence-corrected chi connectivity index (χ2v) is 3.51. The third-order valence-electron chi connectivity index (χ3n) is 2.12. The van der Waals surface area contributed by atoms with E-state index in [1.54, 1.807) is 6.07 Å². The standard InChI is InChI=1S/C11H14N2.ClH/c1-8(2)11(13)10-5-3-4-9(6-10)7-12;/h3-6,8,11H,13H2,1-2H3;1H. The maximum Gasteiger partial charge on any atom is 0.0991 e. The Morgan fingerprint density at radius 1 is 1.36 bits per heavy atom. The van der Waals surface area contributed by atoms with Crippen LogP contribution in [-0.4, -0.2) is 0 Å². The van der Waals surface area contributed by atoms with Crippen LogP contribution in [0.15, 0.2) is 24.3 Å². The Labute approximate surface area is 91.1 Å². The van der Waals surface area contributed by atoms with Gasteiger partial charge in [-0.25, -0.2) is 0 Å². The molecule has 0 saturated carbocycles. The average molecular weight is 211 g/mol. The molecule has 76 valence electrons. The molecule has 0 radical (unpaired) electrons. The van der Waals surface area contributed by atoms with Crippen molar-refractivity contribution in [3.8, 4) is 6.07 Å². The van der Waals surface area contributed by atoms with Crippen LogP contribution in [0.5, 0.6) is 0 Å². The van der Waals surface area contributed by atoms with E-state index in [9.17, 15) is 0 Å². The number of nitrogens with zero attached hydrogens (tertiary/aromatic N) is 1. The lowest BCUT2D eigenvalue weighted by Crippen LogP contribution is -2.16. The molecule has 0 fully saturated rings. The van der Waals surface area contributed by atoms with Gasteiger partial charge in [0.25, 0.3) is 0 Å². The number of benzene rings is 1. The second-order valence-electron chi connectivity index (χ2n) is 3.51. The topological polar surface area (TPSA) is 49.8 Å². The molecule has 0 aliphatic heterocycles. The zero-order valence-corrected chi connectivity index (χ0v) is 9.21. The maximum absolute atomic E-state index is 8.69. The molecule has 1 unspecified atom stereocenters. The van der Waals surface area contributed by atoms with Gasteiger partial charge in [0.05, 0.1) is 11.6 Å². The van der Waals surface area contributed by atoms with E-state index in [4.69, 9.17) is 11.0 Å². The van der Waals surface area contributed by atoms with Crippen LogP contribution in [0.1, 0.15) is 31.0 Å². The number of halogens is 1. The first-order valence-electron chi connectivity index (χ1n) is 4.41. The van der Waals surface area contributed by atoms with Crippen molar-refractivity contribution in [2.45, 2.75) is 19.9 Å². The van der Waals surface area contributed by atoms with Gasteiger partial charge in [0.2, 0.25) is 0 Å². The molecule has 0 spiro atoms. The molecule has 0 aliphatic rings. The Morgan fingerprint density at radius 3 is 2.50 bits per heavy atom. The Balaban J connectivity index is 0.00000169. The minimum atomic E-state index is 0. The Hall–Kier alpha value is -1.04. The molecule has 14 heavy (non-hydrogen) atoms. The number of hydrogen-bond acceptors (Lipinski definition) is 2. The molecular formula is C11H15ClN2. The summed E-state index contributed by atoms with van der Waals surface area (Å²) in [6, 6.07) is 9.60. The van der Waals surface area contributed by atoms with Crippen molar-refractivity contribution in [3.05, 3.63) is 35.4 Å².